The standard InChI is InChI=1S/C14H15N3O3/c1-8-12(14(19)20)9(2)17(16-8)7-10-4-3-5-11(6-10)13(15)18/h3-6H,7H2,1-2H3,(H2,15,18)(H,19,20). The smallest absolute Gasteiger partial charge is 0.339 e. The van der Waals surface area contributed by atoms with Gasteiger partial charge in [0.1, 0.15) is 5.56 Å². The second-order valence-corrected chi connectivity index (χ2v) is 4.57. The van der Waals surface area contributed by atoms with Crippen molar-refractivity contribution in [2.75, 3.05) is 0 Å². The summed E-state index contributed by atoms with van der Waals surface area (Å²) in [5, 5.41) is 13.3. The highest BCUT2D eigenvalue weighted by Crippen LogP contribution is 2.15. The van der Waals surface area contributed by atoms with E-state index in [2.05, 4.69) is 5.10 Å². The number of carboxylic acids is 1. The monoisotopic (exact) mass is 273 g/mol. The Morgan fingerprint density at radius 3 is 2.60 bits per heavy atom. The number of primary amides is 1. The summed E-state index contributed by atoms with van der Waals surface area (Å²) in [5.41, 5.74) is 7.77. The predicted molar refractivity (Wildman–Crippen MR) is 72.7 cm³/mol. The van der Waals surface area contributed by atoms with E-state index in [1.165, 1.54) is 0 Å². The van der Waals surface area contributed by atoms with Gasteiger partial charge in [0.2, 0.25) is 5.91 Å². The zero-order valence-corrected chi connectivity index (χ0v) is 11.3. The van der Waals surface area contributed by atoms with E-state index in [0.29, 0.717) is 23.5 Å². The van der Waals surface area contributed by atoms with Crippen molar-refractivity contribution in [2.24, 2.45) is 5.73 Å². The van der Waals surface area contributed by atoms with E-state index < -0.39 is 11.9 Å². The summed E-state index contributed by atoms with van der Waals surface area (Å²) in [4.78, 5) is 22.3. The molecule has 0 bridgehead atoms. The molecule has 0 aliphatic heterocycles. The highest BCUT2D eigenvalue weighted by Gasteiger charge is 2.17. The van der Waals surface area contributed by atoms with Crippen LogP contribution in [-0.4, -0.2) is 26.8 Å². The summed E-state index contributed by atoms with van der Waals surface area (Å²) in [6.07, 6.45) is 0. The Labute approximate surface area is 115 Å². The van der Waals surface area contributed by atoms with Gasteiger partial charge in [-0.2, -0.15) is 5.10 Å². The Bertz CT molecular complexity index is 689. The van der Waals surface area contributed by atoms with Gasteiger partial charge in [0.05, 0.1) is 17.9 Å². The molecule has 0 spiro atoms. The molecule has 1 heterocycles. The number of nitrogens with two attached hydrogens (primary N) is 1. The van der Waals surface area contributed by atoms with Crippen LogP contribution in [0.4, 0.5) is 0 Å². The summed E-state index contributed by atoms with van der Waals surface area (Å²) >= 11 is 0. The molecule has 0 aliphatic carbocycles. The van der Waals surface area contributed by atoms with Gasteiger partial charge in [-0.15, -0.1) is 0 Å². The lowest BCUT2D eigenvalue weighted by molar-refractivity contribution is 0.0695. The normalized spacial score (nSPS) is 10.5. The quantitative estimate of drug-likeness (QED) is 0.878. The topological polar surface area (TPSA) is 98.2 Å². The number of hydrogen-bond acceptors (Lipinski definition) is 3. The van der Waals surface area contributed by atoms with Gasteiger partial charge in [-0.05, 0) is 31.5 Å². The van der Waals surface area contributed by atoms with E-state index in [1.807, 2.05) is 6.07 Å². The average molecular weight is 273 g/mol. The number of carbonyl (C=O) groups is 2. The zero-order chi connectivity index (χ0) is 14.9. The van der Waals surface area contributed by atoms with Gasteiger partial charge in [0, 0.05) is 5.56 Å². The first-order valence-electron chi connectivity index (χ1n) is 6.06. The van der Waals surface area contributed by atoms with E-state index in [-0.39, 0.29) is 5.56 Å². The molecule has 6 nitrogen and oxygen atoms in total. The number of carboxylic acid groups (broad SMARTS) is 1. The Morgan fingerprint density at radius 1 is 1.35 bits per heavy atom. The highest BCUT2D eigenvalue weighted by molar-refractivity contribution is 5.93. The maximum atomic E-state index is 11.1. The molecule has 0 fully saturated rings. The second kappa shape index (κ2) is 5.16. The van der Waals surface area contributed by atoms with Crippen molar-refractivity contribution >= 4 is 11.9 Å². The van der Waals surface area contributed by atoms with Gasteiger partial charge in [0.15, 0.2) is 0 Å². The van der Waals surface area contributed by atoms with E-state index in [4.69, 9.17) is 10.8 Å². The van der Waals surface area contributed by atoms with Crippen molar-refractivity contribution in [1.29, 1.82) is 0 Å². The fourth-order valence-corrected chi connectivity index (χ4v) is 2.16. The molecule has 3 N–H and O–H groups in total. The Morgan fingerprint density at radius 2 is 2.05 bits per heavy atom. The van der Waals surface area contributed by atoms with Gasteiger partial charge < -0.3 is 10.8 Å². The maximum Gasteiger partial charge on any atom is 0.339 e. The minimum Gasteiger partial charge on any atom is -0.478 e. The van der Waals surface area contributed by atoms with Crippen molar-refractivity contribution < 1.29 is 14.7 Å². The van der Waals surface area contributed by atoms with Crippen LogP contribution in [0.3, 0.4) is 0 Å². The number of hydrogen-bond donors (Lipinski definition) is 2. The summed E-state index contributed by atoms with van der Waals surface area (Å²) in [6, 6.07) is 6.89. The van der Waals surface area contributed by atoms with Crippen LogP contribution in [0, 0.1) is 13.8 Å². The lowest BCUT2D eigenvalue weighted by Gasteiger charge is -2.06. The number of rotatable bonds is 4. The van der Waals surface area contributed by atoms with Crippen LogP contribution in [0.1, 0.15) is 37.7 Å². The average Bonchev–Trinajstić information content (AvgIpc) is 2.64. The predicted octanol–water partition coefficient (Wildman–Crippen LogP) is 1.35. The number of carbonyl (C=O) groups excluding carboxylic acids is 1. The fraction of sp³-hybridized carbons (Fsp3) is 0.214. The SMILES string of the molecule is Cc1nn(Cc2cccc(C(N)=O)c2)c(C)c1C(=O)O. The number of amides is 1. The third-order valence-corrected chi connectivity index (χ3v) is 3.14. The Hall–Kier alpha value is -2.63. The first-order valence-corrected chi connectivity index (χ1v) is 6.06. The number of aryl methyl sites for hydroxylation is 1. The molecule has 0 saturated heterocycles. The first kappa shape index (κ1) is 13.8. The molecule has 1 aromatic carbocycles. The van der Waals surface area contributed by atoms with Gasteiger partial charge in [-0.3, -0.25) is 9.48 Å². The maximum absolute atomic E-state index is 11.1. The van der Waals surface area contributed by atoms with Gasteiger partial charge in [-0.1, -0.05) is 12.1 Å². The molecule has 20 heavy (non-hydrogen) atoms. The molecule has 0 radical (unpaired) electrons. The van der Waals surface area contributed by atoms with Crippen molar-refractivity contribution in [3.8, 4) is 0 Å². The minimum atomic E-state index is -0.989. The molecule has 2 aromatic rings. The van der Waals surface area contributed by atoms with Crippen molar-refractivity contribution in [3.05, 3.63) is 52.3 Å². The van der Waals surface area contributed by atoms with Crippen LogP contribution in [0.5, 0.6) is 0 Å². The summed E-state index contributed by atoms with van der Waals surface area (Å²) in [7, 11) is 0. The summed E-state index contributed by atoms with van der Waals surface area (Å²) in [6.45, 7) is 3.76. The summed E-state index contributed by atoms with van der Waals surface area (Å²) in [5.74, 6) is -1.48. The van der Waals surface area contributed by atoms with Crippen molar-refractivity contribution in [2.45, 2.75) is 20.4 Å². The molecule has 1 amide bonds. The van der Waals surface area contributed by atoms with Crippen LogP contribution in [0.15, 0.2) is 24.3 Å². The molecule has 0 unspecified atom stereocenters. The minimum absolute atomic E-state index is 0.219. The molecule has 0 saturated carbocycles. The van der Waals surface area contributed by atoms with Gasteiger partial charge in [-0.25, -0.2) is 4.79 Å². The molecule has 1 aromatic heterocycles. The third kappa shape index (κ3) is 2.54. The molecule has 6 heteroatoms. The van der Waals surface area contributed by atoms with Crippen LogP contribution in [0.2, 0.25) is 0 Å². The van der Waals surface area contributed by atoms with Crippen LogP contribution < -0.4 is 5.73 Å². The number of benzene rings is 1. The molecule has 0 atom stereocenters. The van der Waals surface area contributed by atoms with E-state index in [9.17, 15) is 9.59 Å². The fourth-order valence-electron chi connectivity index (χ4n) is 2.16. The molecule has 2 rings (SSSR count). The highest BCUT2D eigenvalue weighted by atomic mass is 16.4. The molecular weight excluding hydrogens is 258 g/mol. The molecular formula is C14H15N3O3. The zero-order valence-electron chi connectivity index (χ0n) is 11.3. The molecule has 0 aliphatic rings. The van der Waals surface area contributed by atoms with Gasteiger partial charge in [0.25, 0.3) is 0 Å². The largest absolute Gasteiger partial charge is 0.478 e. The first-order chi connectivity index (χ1) is 9.40. The number of nitrogens with zero attached hydrogens (tertiary/aromatic N) is 2. The van der Waals surface area contributed by atoms with Gasteiger partial charge >= 0.3 is 5.97 Å². The van der Waals surface area contributed by atoms with E-state index in [0.717, 1.165) is 5.56 Å². The number of aromatic carboxylic acids is 1. The van der Waals surface area contributed by atoms with Crippen LogP contribution >= 0.6 is 0 Å². The molecule has 104 valence electrons. The lowest BCUT2D eigenvalue weighted by atomic mass is 10.1. The van der Waals surface area contributed by atoms with E-state index in [1.54, 1.807) is 36.7 Å². The Kier molecular flexibility index (Phi) is 3.56. The van der Waals surface area contributed by atoms with E-state index >= 15 is 0 Å². The van der Waals surface area contributed by atoms with Crippen LogP contribution in [-0.2, 0) is 6.54 Å². The van der Waals surface area contributed by atoms with Crippen molar-refractivity contribution in [1.82, 2.24) is 9.78 Å². The lowest BCUT2D eigenvalue weighted by Crippen LogP contribution is -2.12. The number of aromatic nitrogens is 2. The Balaban J connectivity index is 2.36. The second-order valence-electron chi connectivity index (χ2n) is 4.57. The summed E-state index contributed by atoms with van der Waals surface area (Å²) < 4.78 is 1.61. The van der Waals surface area contributed by atoms with Crippen LogP contribution in [0.25, 0.3) is 0 Å². The third-order valence-electron chi connectivity index (χ3n) is 3.14. The van der Waals surface area contributed by atoms with Crippen molar-refractivity contribution in [3.63, 3.8) is 0 Å².